The number of aliphatic carboxylic acids is 1. The minimum Gasteiger partial charge on any atom is -0.480 e. The van der Waals surface area contributed by atoms with E-state index in [1.165, 1.54) is 11.6 Å². The quantitative estimate of drug-likeness (QED) is 0.520. The van der Waals surface area contributed by atoms with Crippen molar-refractivity contribution in [1.29, 1.82) is 0 Å². The third-order valence-electron chi connectivity index (χ3n) is 5.05. The minimum absolute atomic E-state index is 0.124. The van der Waals surface area contributed by atoms with Gasteiger partial charge in [-0.05, 0) is 41.6 Å². The van der Waals surface area contributed by atoms with Gasteiger partial charge < -0.3 is 10.0 Å². The highest BCUT2D eigenvalue weighted by Crippen LogP contribution is 2.47. The smallest absolute Gasteiger partial charge is 0.328 e. The van der Waals surface area contributed by atoms with Gasteiger partial charge in [-0.2, -0.15) is 4.68 Å². The molecule has 2 aliphatic heterocycles. The fraction of sp³-hybridized carbons (Fsp3) is 0.400. The number of aromatic nitrogens is 4. The first-order valence-electron chi connectivity index (χ1n) is 8.11. The first-order valence-corrected chi connectivity index (χ1v) is 11.0. The summed E-state index contributed by atoms with van der Waals surface area (Å²) in [6, 6.07) is 5.26. The zero-order chi connectivity index (χ0) is 20.3. The van der Waals surface area contributed by atoms with E-state index in [0.717, 1.165) is 16.7 Å². The molecule has 28 heavy (non-hydrogen) atoms. The molecule has 10 nitrogen and oxygen atoms in total. The number of carbonyl (C=O) groups is 2. The van der Waals surface area contributed by atoms with E-state index in [9.17, 15) is 23.1 Å². The van der Waals surface area contributed by atoms with Gasteiger partial charge in [-0.3, -0.25) is 4.79 Å². The van der Waals surface area contributed by atoms with Gasteiger partial charge in [0.05, 0.1) is 12.1 Å². The summed E-state index contributed by atoms with van der Waals surface area (Å²) in [6.45, 7) is 1.36. The summed E-state index contributed by atoms with van der Waals surface area (Å²) < 4.78 is 25.6. The number of carbonyl (C=O) groups excluding carboxylic acids is 1. The summed E-state index contributed by atoms with van der Waals surface area (Å²) in [7, 11) is -3.88. The molecule has 0 radical (unpaired) electrons. The normalized spacial score (nSPS) is 28.1. The van der Waals surface area contributed by atoms with Crippen LogP contribution in [0, 0.1) is 0 Å². The summed E-state index contributed by atoms with van der Waals surface area (Å²) in [6.07, 6.45) is -0.186. The molecule has 2 saturated heterocycles. The minimum atomic E-state index is -3.88. The van der Waals surface area contributed by atoms with Crippen LogP contribution in [0.15, 0.2) is 29.4 Å². The third kappa shape index (κ3) is 2.62. The Balaban J connectivity index is 1.64. The number of halogens is 1. The lowest BCUT2D eigenvalue weighted by atomic mass is 9.98. The van der Waals surface area contributed by atoms with Crippen molar-refractivity contribution in [2.45, 2.75) is 34.7 Å². The van der Waals surface area contributed by atoms with Gasteiger partial charge in [0, 0.05) is 10.8 Å². The van der Waals surface area contributed by atoms with Gasteiger partial charge in [0.15, 0.2) is 15.9 Å². The Bertz CT molecular complexity index is 1070. The van der Waals surface area contributed by atoms with Crippen LogP contribution in [-0.2, 0) is 19.4 Å². The summed E-state index contributed by atoms with van der Waals surface area (Å²) in [5.41, 5.74) is 0.616. The van der Waals surface area contributed by atoms with Gasteiger partial charge in [0.25, 0.3) is 0 Å². The fourth-order valence-corrected chi connectivity index (χ4v) is 7.43. The average molecular weight is 444 g/mol. The summed E-state index contributed by atoms with van der Waals surface area (Å²) in [5.74, 6) is -1.94. The van der Waals surface area contributed by atoms with Crippen molar-refractivity contribution in [2.24, 2.45) is 0 Å². The number of carboxylic acids is 1. The van der Waals surface area contributed by atoms with Crippen molar-refractivity contribution >= 4 is 45.1 Å². The van der Waals surface area contributed by atoms with E-state index in [-0.39, 0.29) is 12.2 Å². The van der Waals surface area contributed by atoms with Crippen LogP contribution in [0.25, 0.3) is 5.69 Å². The van der Waals surface area contributed by atoms with E-state index in [1.54, 1.807) is 24.3 Å². The molecule has 13 heteroatoms. The Hall–Kier alpha value is -2.18. The molecule has 2 fully saturated rings. The van der Waals surface area contributed by atoms with Gasteiger partial charge in [0.2, 0.25) is 11.1 Å². The van der Waals surface area contributed by atoms with Gasteiger partial charge in [-0.25, -0.2) is 13.2 Å². The number of carboxylic acid groups (broad SMARTS) is 1. The Morgan fingerprint density at radius 3 is 2.68 bits per heavy atom. The molecule has 148 valence electrons. The number of benzene rings is 1. The van der Waals surface area contributed by atoms with E-state index in [4.69, 9.17) is 11.6 Å². The van der Waals surface area contributed by atoms with E-state index in [0.29, 0.717) is 15.9 Å². The van der Waals surface area contributed by atoms with E-state index < -0.39 is 37.9 Å². The van der Waals surface area contributed by atoms with E-state index in [1.807, 2.05) is 0 Å². The van der Waals surface area contributed by atoms with Crippen LogP contribution in [-0.4, -0.2) is 72.4 Å². The average Bonchev–Trinajstić information content (AvgIpc) is 3.15. The summed E-state index contributed by atoms with van der Waals surface area (Å²) >= 11 is 6.90. The Morgan fingerprint density at radius 2 is 2.07 bits per heavy atom. The van der Waals surface area contributed by atoms with Crippen molar-refractivity contribution < 1.29 is 23.1 Å². The topological polar surface area (TPSA) is 135 Å². The number of sulfone groups is 1. The van der Waals surface area contributed by atoms with Crippen molar-refractivity contribution in [3.8, 4) is 5.69 Å². The lowest BCUT2D eigenvalue weighted by Crippen LogP contribution is -2.57. The summed E-state index contributed by atoms with van der Waals surface area (Å²) in [5, 5.41) is 20.8. The van der Waals surface area contributed by atoms with Crippen LogP contribution >= 0.6 is 23.4 Å². The van der Waals surface area contributed by atoms with Crippen LogP contribution in [0.2, 0.25) is 5.02 Å². The Labute approximate surface area is 168 Å². The lowest BCUT2D eigenvalue weighted by Gasteiger charge is -2.35. The van der Waals surface area contributed by atoms with Crippen LogP contribution in [0.5, 0.6) is 0 Å². The highest BCUT2D eigenvalue weighted by molar-refractivity contribution is 8.01. The third-order valence-corrected chi connectivity index (χ3v) is 9.52. The highest BCUT2D eigenvalue weighted by atomic mass is 35.5. The van der Waals surface area contributed by atoms with E-state index in [2.05, 4.69) is 15.5 Å². The predicted octanol–water partition coefficient (Wildman–Crippen LogP) is 0.607. The number of tetrazole rings is 1. The molecule has 2 aliphatic rings. The summed E-state index contributed by atoms with van der Waals surface area (Å²) in [4.78, 5) is 24.6. The molecule has 2 aromatic rings. The van der Waals surface area contributed by atoms with Gasteiger partial charge in [0.1, 0.15) is 10.1 Å². The number of hydrogen-bond acceptors (Lipinski definition) is 8. The number of amides is 1. The molecule has 0 saturated carbocycles. The maximum absolute atomic E-state index is 12.9. The van der Waals surface area contributed by atoms with Crippen molar-refractivity contribution in [3.05, 3.63) is 29.3 Å². The maximum Gasteiger partial charge on any atom is 0.328 e. The van der Waals surface area contributed by atoms with Crippen molar-refractivity contribution in [2.75, 3.05) is 5.75 Å². The molecular weight excluding hydrogens is 430 g/mol. The second-order valence-electron chi connectivity index (χ2n) is 6.70. The Kier molecular flexibility index (Phi) is 4.39. The Morgan fingerprint density at radius 1 is 1.39 bits per heavy atom. The molecule has 1 N–H and O–H groups in total. The molecule has 1 amide bonds. The standard InChI is InChI=1S/C15H14ClN5O5S2/c1-15(12(13(23)24)20-10(22)6-11(20)28(15,25)26)7-27-14-17-18-19-21(14)9-4-2-8(16)3-5-9/h2-5,11-12H,6-7H2,1H3,(H,23,24)/t11-,12-,15-/m0/s1. The number of fused-ring (bicyclic) bond motifs is 1. The largest absolute Gasteiger partial charge is 0.480 e. The molecule has 1 aromatic heterocycles. The molecule has 3 heterocycles. The first kappa shape index (κ1) is 19.2. The van der Waals surface area contributed by atoms with Crippen molar-refractivity contribution in [1.82, 2.24) is 25.1 Å². The first-order chi connectivity index (χ1) is 13.2. The molecule has 0 unspecified atom stereocenters. The second-order valence-corrected chi connectivity index (χ2v) is 10.6. The predicted molar refractivity (Wildman–Crippen MR) is 98.9 cm³/mol. The van der Waals surface area contributed by atoms with Gasteiger partial charge in [-0.1, -0.05) is 23.4 Å². The number of β-lactam (4-membered cyclic amide) rings is 1. The number of nitrogens with zero attached hydrogens (tertiary/aromatic N) is 5. The zero-order valence-corrected chi connectivity index (χ0v) is 16.8. The van der Waals surface area contributed by atoms with Gasteiger partial charge in [-0.15, -0.1) is 5.10 Å². The molecule has 0 aliphatic carbocycles. The highest BCUT2D eigenvalue weighted by Gasteiger charge is 2.69. The van der Waals surface area contributed by atoms with Gasteiger partial charge >= 0.3 is 5.97 Å². The molecule has 3 atom stereocenters. The molecule has 0 bridgehead atoms. The van der Waals surface area contributed by atoms with Crippen LogP contribution in [0.1, 0.15) is 13.3 Å². The van der Waals surface area contributed by atoms with Crippen molar-refractivity contribution in [3.63, 3.8) is 0 Å². The zero-order valence-electron chi connectivity index (χ0n) is 14.4. The van der Waals surface area contributed by atoms with E-state index >= 15 is 0 Å². The monoisotopic (exact) mass is 443 g/mol. The number of rotatable bonds is 5. The number of hydrogen-bond donors (Lipinski definition) is 1. The maximum atomic E-state index is 12.9. The SMILES string of the molecule is C[C@]1(CSc2nnnn2-c2ccc(Cl)cc2)[C@H](C(=O)O)N2C(=O)C[C@@H]2S1(=O)=O. The molecule has 1 aromatic carbocycles. The second kappa shape index (κ2) is 6.42. The molecule has 4 rings (SSSR count). The van der Waals surface area contributed by atoms with Crippen LogP contribution in [0.4, 0.5) is 0 Å². The number of thioether (sulfide) groups is 1. The molecule has 0 spiro atoms. The van der Waals surface area contributed by atoms with Crippen LogP contribution in [0.3, 0.4) is 0 Å². The van der Waals surface area contributed by atoms with Crippen LogP contribution < -0.4 is 0 Å². The fourth-order valence-electron chi connectivity index (χ4n) is 3.49. The molecular formula is C15H14ClN5O5S2. The lowest BCUT2D eigenvalue weighted by molar-refractivity contribution is -0.157.